The molecule has 0 bridgehead atoms. The Kier molecular flexibility index (Phi) is 6.26. The van der Waals surface area contributed by atoms with Gasteiger partial charge in [0, 0.05) is 24.1 Å². The minimum atomic E-state index is -3.31. The molecule has 0 N–H and O–H groups in total. The van der Waals surface area contributed by atoms with Crippen LogP contribution in [0.2, 0.25) is 5.02 Å². The lowest BCUT2D eigenvalue weighted by atomic mass is 10.2. The van der Waals surface area contributed by atoms with E-state index in [9.17, 15) is 17.6 Å². The van der Waals surface area contributed by atoms with E-state index < -0.39 is 15.7 Å². The molecule has 0 atom stereocenters. The van der Waals surface area contributed by atoms with Crippen molar-refractivity contribution < 1.29 is 22.3 Å². The molecule has 2 aromatic carbocycles. The van der Waals surface area contributed by atoms with Crippen LogP contribution in [-0.4, -0.2) is 33.2 Å². The second-order valence-corrected chi connectivity index (χ2v) is 8.41. The fourth-order valence-electron chi connectivity index (χ4n) is 2.37. The Hall–Kier alpha value is -2.12. The number of ether oxygens (including phenoxy) is 1. The molecule has 0 aliphatic carbocycles. The summed E-state index contributed by atoms with van der Waals surface area (Å²) in [5, 5.41) is -0.0907. The maximum Gasteiger partial charge on any atom is 0.265 e. The Balaban J connectivity index is 2.15. The molecule has 140 valence electrons. The van der Waals surface area contributed by atoms with E-state index in [1.807, 2.05) is 13.8 Å². The van der Waals surface area contributed by atoms with Gasteiger partial charge in [-0.2, -0.15) is 0 Å². The molecule has 0 saturated carbocycles. The lowest BCUT2D eigenvalue weighted by Gasteiger charge is -2.27. The smallest absolute Gasteiger partial charge is 0.265 e. The molecule has 0 aliphatic heterocycles. The number of carbonyl (C=O) groups excluding carboxylic acids is 1. The molecule has 2 aromatic rings. The number of hydrogen-bond donors (Lipinski definition) is 0. The Bertz CT molecular complexity index is 898. The average molecular weight is 400 g/mol. The third-order valence-corrected chi connectivity index (χ3v) is 5.00. The first-order chi connectivity index (χ1) is 12.1. The molecule has 1 amide bonds. The van der Waals surface area contributed by atoms with E-state index in [1.165, 1.54) is 29.2 Å². The number of hydrogen-bond acceptors (Lipinski definition) is 4. The summed E-state index contributed by atoms with van der Waals surface area (Å²) in [6.45, 7) is 3.39. The lowest BCUT2D eigenvalue weighted by Crippen LogP contribution is -2.40. The topological polar surface area (TPSA) is 63.7 Å². The average Bonchev–Trinajstić information content (AvgIpc) is 2.55. The Morgan fingerprint density at radius 2 is 1.81 bits per heavy atom. The van der Waals surface area contributed by atoms with E-state index in [1.54, 1.807) is 12.1 Å². The SMILES string of the molecule is CC(C)N(C(=O)COc1ccc(F)c(Cl)c1)c1ccc(S(C)(=O)=O)cc1. The molecule has 0 radical (unpaired) electrons. The van der Waals surface area contributed by atoms with E-state index in [2.05, 4.69) is 0 Å². The van der Waals surface area contributed by atoms with Gasteiger partial charge in [0.2, 0.25) is 0 Å². The quantitative estimate of drug-likeness (QED) is 0.742. The van der Waals surface area contributed by atoms with Crippen LogP contribution < -0.4 is 9.64 Å². The lowest BCUT2D eigenvalue weighted by molar-refractivity contribution is -0.120. The number of nitrogens with zero attached hydrogens (tertiary/aromatic N) is 1. The first-order valence-electron chi connectivity index (χ1n) is 7.79. The van der Waals surface area contributed by atoms with Crippen LogP contribution in [0.5, 0.6) is 5.75 Å². The first kappa shape index (κ1) is 20.2. The van der Waals surface area contributed by atoms with Crippen molar-refractivity contribution in [2.24, 2.45) is 0 Å². The third kappa shape index (κ3) is 4.95. The molecule has 0 heterocycles. The van der Waals surface area contributed by atoms with Gasteiger partial charge in [0.05, 0.1) is 9.92 Å². The molecule has 0 aromatic heterocycles. The van der Waals surface area contributed by atoms with E-state index in [0.717, 1.165) is 12.3 Å². The predicted molar refractivity (Wildman–Crippen MR) is 99.1 cm³/mol. The zero-order valence-corrected chi connectivity index (χ0v) is 16.1. The van der Waals surface area contributed by atoms with Crippen molar-refractivity contribution in [3.63, 3.8) is 0 Å². The Morgan fingerprint density at radius 3 is 2.31 bits per heavy atom. The highest BCUT2D eigenvalue weighted by atomic mass is 35.5. The van der Waals surface area contributed by atoms with Gasteiger partial charge in [0.1, 0.15) is 11.6 Å². The maximum absolute atomic E-state index is 13.2. The van der Waals surface area contributed by atoms with Crippen LogP contribution in [0.4, 0.5) is 10.1 Å². The van der Waals surface area contributed by atoms with Crippen molar-refractivity contribution in [3.8, 4) is 5.75 Å². The van der Waals surface area contributed by atoms with Crippen molar-refractivity contribution >= 4 is 33.0 Å². The summed E-state index contributed by atoms with van der Waals surface area (Å²) >= 11 is 5.69. The second kappa shape index (κ2) is 8.05. The minimum Gasteiger partial charge on any atom is -0.484 e. The molecule has 0 aliphatic rings. The summed E-state index contributed by atoms with van der Waals surface area (Å²) in [4.78, 5) is 14.2. The van der Waals surface area contributed by atoms with Gasteiger partial charge in [-0.3, -0.25) is 4.79 Å². The number of amides is 1. The predicted octanol–water partition coefficient (Wildman–Crippen LogP) is 3.70. The monoisotopic (exact) mass is 399 g/mol. The first-order valence-corrected chi connectivity index (χ1v) is 10.1. The Labute approximate surface area is 157 Å². The van der Waals surface area contributed by atoms with Gasteiger partial charge >= 0.3 is 0 Å². The van der Waals surface area contributed by atoms with Gasteiger partial charge in [-0.05, 0) is 50.2 Å². The molecule has 8 heteroatoms. The fourth-order valence-corrected chi connectivity index (χ4v) is 3.17. The molecule has 0 unspecified atom stereocenters. The molecular formula is C18H19ClFNO4S. The van der Waals surface area contributed by atoms with Gasteiger partial charge in [0.15, 0.2) is 16.4 Å². The highest BCUT2D eigenvalue weighted by Gasteiger charge is 2.20. The summed E-state index contributed by atoms with van der Waals surface area (Å²) in [6.07, 6.45) is 1.12. The van der Waals surface area contributed by atoms with Crippen LogP contribution in [0.1, 0.15) is 13.8 Å². The maximum atomic E-state index is 13.2. The molecule has 2 rings (SSSR count). The van der Waals surface area contributed by atoms with Gasteiger partial charge < -0.3 is 9.64 Å². The molecule has 26 heavy (non-hydrogen) atoms. The highest BCUT2D eigenvalue weighted by Crippen LogP contribution is 2.23. The number of halogens is 2. The Morgan fingerprint density at radius 1 is 1.19 bits per heavy atom. The zero-order chi connectivity index (χ0) is 19.5. The molecule has 5 nitrogen and oxygen atoms in total. The minimum absolute atomic E-state index is 0.0907. The standard InChI is InChI=1S/C18H19ClFNO4S/c1-12(2)21(13-4-7-15(8-5-13)26(3,23)24)18(22)11-25-14-6-9-17(20)16(19)10-14/h4-10,12H,11H2,1-3H3. The molecule has 0 fully saturated rings. The van der Waals surface area contributed by atoms with Crippen LogP contribution in [0.3, 0.4) is 0 Å². The molecule has 0 saturated heterocycles. The van der Waals surface area contributed by atoms with Gasteiger partial charge in [-0.1, -0.05) is 11.6 Å². The third-order valence-electron chi connectivity index (χ3n) is 3.58. The summed E-state index contributed by atoms with van der Waals surface area (Å²) in [6, 6.07) is 9.71. The number of sulfone groups is 1. The fraction of sp³-hybridized carbons (Fsp3) is 0.278. The number of carbonyl (C=O) groups is 1. The van der Waals surface area contributed by atoms with Gasteiger partial charge in [-0.25, -0.2) is 12.8 Å². The van der Waals surface area contributed by atoms with Crippen LogP contribution in [-0.2, 0) is 14.6 Å². The van der Waals surface area contributed by atoms with E-state index in [4.69, 9.17) is 16.3 Å². The van der Waals surface area contributed by atoms with E-state index in [0.29, 0.717) is 5.69 Å². The van der Waals surface area contributed by atoms with Crippen molar-refractivity contribution in [3.05, 3.63) is 53.3 Å². The van der Waals surface area contributed by atoms with Crippen LogP contribution >= 0.6 is 11.6 Å². The van der Waals surface area contributed by atoms with E-state index in [-0.39, 0.29) is 34.2 Å². The summed E-state index contributed by atoms with van der Waals surface area (Å²) in [5.74, 6) is -0.617. The van der Waals surface area contributed by atoms with E-state index >= 15 is 0 Å². The number of anilines is 1. The normalized spacial score (nSPS) is 11.5. The van der Waals surface area contributed by atoms with Gasteiger partial charge in [0.25, 0.3) is 5.91 Å². The number of rotatable bonds is 6. The van der Waals surface area contributed by atoms with Crippen LogP contribution in [0.15, 0.2) is 47.4 Å². The molecule has 0 spiro atoms. The van der Waals surface area contributed by atoms with Crippen molar-refractivity contribution in [1.82, 2.24) is 0 Å². The summed E-state index contributed by atoms with van der Waals surface area (Å²) in [5.41, 5.74) is 0.554. The van der Waals surface area contributed by atoms with Crippen LogP contribution in [0, 0.1) is 5.82 Å². The summed E-state index contributed by atoms with van der Waals surface area (Å²) < 4.78 is 41.7. The second-order valence-electron chi connectivity index (χ2n) is 5.99. The largest absolute Gasteiger partial charge is 0.484 e. The summed E-state index contributed by atoms with van der Waals surface area (Å²) in [7, 11) is -3.31. The van der Waals surface area contributed by atoms with Crippen molar-refractivity contribution in [1.29, 1.82) is 0 Å². The number of benzene rings is 2. The van der Waals surface area contributed by atoms with Crippen molar-refractivity contribution in [2.75, 3.05) is 17.8 Å². The highest BCUT2D eigenvalue weighted by molar-refractivity contribution is 7.90. The van der Waals surface area contributed by atoms with Crippen LogP contribution in [0.25, 0.3) is 0 Å². The molecular weight excluding hydrogens is 381 g/mol. The zero-order valence-electron chi connectivity index (χ0n) is 14.6. The van der Waals surface area contributed by atoms with Gasteiger partial charge in [-0.15, -0.1) is 0 Å². The van der Waals surface area contributed by atoms with Crippen molar-refractivity contribution in [2.45, 2.75) is 24.8 Å².